The summed E-state index contributed by atoms with van der Waals surface area (Å²) in [6.45, 7) is 5.81. The summed E-state index contributed by atoms with van der Waals surface area (Å²) in [5.74, 6) is -0.411. The Balaban J connectivity index is 3.69. The topological polar surface area (TPSA) is 43.4 Å². The number of ketones is 1. The molecule has 14 heavy (non-hydrogen) atoms. The Morgan fingerprint density at radius 2 is 1.86 bits per heavy atom. The molecule has 0 bridgehead atoms. The Kier molecular flexibility index (Phi) is 7.07. The number of carbonyl (C=O) groups is 2. The van der Waals surface area contributed by atoms with E-state index in [4.69, 9.17) is 4.74 Å². The van der Waals surface area contributed by atoms with Crippen molar-refractivity contribution in [2.24, 2.45) is 0 Å². The highest BCUT2D eigenvalue weighted by Crippen LogP contribution is 2.04. The van der Waals surface area contributed by atoms with E-state index in [0.29, 0.717) is 6.42 Å². The molecule has 0 heterocycles. The molecule has 0 aromatic carbocycles. The molecule has 0 fully saturated rings. The minimum Gasteiger partial charge on any atom is -0.462 e. The van der Waals surface area contributed by atoms with Crippen LogP contribution in [0, 0.1) is 0 Å². The molecule has 0 N–H and O–H groups in total. The number of ether oxygens (including phenoxy) is 1. The smallest absolute Gasteiger partial charge is 0.313 e. The molecule has 0 unspecified atom stereocenters. The molecule has 0 rings (SSSR count). The van der Waals surface area contributed by atoms with Gasteiger partial charge in [0.2, 0.25) is 0 Å². The van der Waals surface area contributed by atoms with Crippen molar-refractivity contribution in [3.8, 4) is 0 Å². The largest absolute Gasteiger partial charge is 0.462 e. The van der Waals surface area contributed by atoms with Crippen LogP contribution in [0.25, 0.3) is 0 Å². The van der Waals surface area contributed by atoms with Crippen molar-refractivity contribution in [2.45, 2.75) is 59.0 Å². The number of carbonyl (C=O) groups excluding carboxylic acids is 2. The number of rotatable bonds is 7. The molecule has 0 aromatic rings. The summed E-state index contributed by atoms with van der Waals surface area (Å²) in [5.41, 5.74) is 0. The van der Waals surface area contributed by atoms with Gasteiger partial charge in [-0.2, -0.15) is 0 Å². The van der Waals surface area contributed by atoms with E-state index in [9.17, 15) is 9.59 Å². The quantitative estimate of drug-likeness (QED) is 0.468. The molecular formula is C11H20O3. The van der Waals surface area contributed by atoms with Gasteiger partial charge in [-0.05, 0) is 19.8 Å². The summed E-state index contributed by atoms with van der Waals surface area (Å²) in [7, 11) is 0. The van der Waals surface area contributed by atoms with E-state index in [1.54, 1.807) is 0 Å². The zero-order valence-electron chi connectivity index (χ0n) is 9.34. The van der Waals surface area contributed by atoms with E-state index in [0.717, 1.165) is 19.3 Å². The first-order chi connectivity index (χ1) is 6.60. The van der Waals surface area contributed by atoms with E-state index < -0.39 is 0 Å². The Morgan fingerprint density at radius 1 is 1.21 bits per heavy atom. The normalized spacial score (nSPS) is 12.2. The highest BCUT2D eigenvalue weighted by Gasteiger charge is 2.12. The maximum Gasteiger partial charge on any atom is 0.313 e. The second kappa shape index (κ2) is 7.54. The lowest BCUT2D eigenvalue weighted by molar-refractivity contribution is -0.150. The van der Waals surface area contributed by atoms with Gasteiger partial charge in [-0.15, -0.1) is 0 Å². The van der Waals surface area contributed by atoms with Gasteiger partial charge < -0.3 is 4.74 Å². The maximum atomic E-state index is 11.2. The minimum absolute atomic E-state index is 0.0267. The number of hydrogen-bond acceptors (Lipinski definition) is 3. The summed E-state index contributed by atoms with van der Waals surface area (Å²) in [6, 6.07) is 0. The SMILES string of the molecule is CCCC(=O)CC(=O)O[C@@H](C)CCC. The monoisotopic (exact) mass is 200 g/mol. The first-order valence-electron chi connectivity index (χ1n) is 5.31. The summed E-state index contributed by atoms with van der Waals surface area (Å²) < 4.78 is 5.05. The van der Waals surface area contributed by atoms with Crippen LogP contribution in [-0.4, -0.2) is 17.9 Å². The van der Waals surface area contributed by atoms with Gasteiger partial charge in [-0.1, -0.05) is 20.3 Å². The Hall–Kier alpha value is -0.860. The summed E-state index contributed by atoms with van der Waals surface area (Å²) in [5, 5.41) is 0. The van der Waals surface area contributed by atoms with Gasteiger partial charge >= 0.3 is 5.97 Å². The van der Waals surface area contributed by atoms with E-state index in [2.05, 4.69) is 0 Å². The third-order valence-electron chi connectivity index (χ3n) is 1.90. The van der Waals surface area contributed by atoms with Gasteiger partial charge in [0.15, 0.2) is 0 Å². The molecule has 3 heteroatoms. The van der Waals surface area contributed by atoms with Crippen LogP contribution >= 0.6 is 0 Å². The van der Waals surface area contributed by atoms with Crippen LogP contribution in [0.2, 0.25) is 0 Å². The molecule has 0 aromatic heterocycles. The predicted octanol–water partition coefficient (Wildman–Crippen LogP) is 2.48. The zero-order valence-corrected chi connectivity index (χ0v) is 9.34. The van der Waals surface area contributed by atoms with Crippen LogP contribution in [0.1, 0.15) is 52.9 Å². The molecule has 0 aliphatic heterocycles. The van der Waals surface area contributed by atoms with E-state index in [1.165, 1.54) is 0 Å². The zero-order chi connectivity index (χ0) is 11.0. The van der Waals surface area contributed by atoms with Gasteiger partial charge in [0.25, 0.3) is 0 Å². The molecule has 1 atom stereocenters. The molecular weight excluding hydrogens is 180 g/mol. The Bertz CT molecular complexity index is 187. The molecule has 0 spiro atoms. The first kappa shape index (κ1) is 13.1. The van der Waals surface area contributed by atoms with E-state index >= 15 is 0 Å². The van der Waals surface area contributed by atoms with Crippen molar-refractivity contribution in [1.82, 2.24) is 0 Å². The highest BCUT2D eigenvalue weighted by atomic mass is 16.5. The maximum absolute atomic E-state index is 11.2. The van der Waals surface area contributed by atoms with Crippen LogP contribution in [0.5, 0.6) is 0 Å². The number of hydrogen-bond donors (Lipinski definition) is 0. The van der Waals surface area contributed by atoms with Crippen LogP contribution in [0.4, 0.5) is 0 Å². The summed E-state index contributed by atoms with van der Waals surface area (Å²) >= 11 is 0. The van der Waals surface area contributed by atoms with Gasteiger partial charge in [0.1, 0.15) is 12.2 Å². The Morgan fingerprint density at radius 3 is 2.36 bits per heavy atom. The molecule has 0 amide bonds. The molecule has 0 saturated heterocycles. The third-order valence-corrected chi connectivity index (χ3v) is 1.90. The van der Waals surface area contributed by atoms with Gasteiger partial charge in [0, 0.05) is 6.42 Å². The molecule has 82 valence electrons. The van der Waals surface area contributed by atoms with Crippen molar-refractivity contribution in [2.75, 3.05) is 0 Å². The molecule has 0 aliphatic carbocycles. The standard InChI is InChI=1S/C11H20O3/c1-4-6-9(3)14-11(13)8-10(12)7-5-2/h9H,4-8H2,1-3H3/t9-/m0/s1. The fourth-order valence-electron chi connectivity index (χ4n) is 1.26. The number of Topliss-reactive ketones (excluding diaryl/α,β-unsaturated/α-hetero) is 1. The summed E-state index contributed by atoms with van der Waals surface area (Å²) in [6.07, 6.45) is 2.96. The lowest BCUT2D eigenvalue weighted by Crippen LogP contribution is -2.17. The molecule has 3 nitrogen and oxygen atoms in total. The van der Waals surface area contributed by atoms with Gasteiger partial charge in [0.05, 0.1) is 6.10 Å². The van der Waals surface area contributed by atoms with E-state index in [1.807, 2.05) is 20.8 Å². The van der Waals surface area contributed by atoms with Crippen molar-refractivity contribution in [3.63, 3.8) is 0 Å². The fraction of sp³-hybridized carbons (Fsp3) is 0.818. The van der Waals surface area contributed by atoms with Crippen molar-refractivity contribution in [1.29, 1.82) is 0 Å². The van der Waals surface area contributed by atoms with Gasteiger partial charge in [-0.3, -0.25) is 9.59 Å². The van der Waals surface area contributed by atoms with Gasteiger partial charge in [-0.25, -0.2) is 0 Å². The van der Waals surface area contributed by atoms with Crippen molar-refractivity contribution < 1.29 is 14.3 Å². The van der Waals surface area contributed by atoms with Crippen LogP contribution in [0.15, 0.2) is 0 Å². The Labute approximate surface area is 85.8 Å². The average molecular weight is 200 g/mol. The van der Waals surface area contributed by atoms with Crippen LogP contribution in [-0.2, 0) is 14.3 Å². The first-order valence-corrected chi connectivity index (χ1v) is 5.31. The van der Waals surface area contributed by atoms with E-state index in [-0.39, 0.29) is 24.3 Å². The third kappa shape index (κ3) is 6.63. The summed E-state index contributed by atoms with van der Waals surface area (Å²) in [4.78, 5) is 22.3. The average Bonchev–Trinajstić information content (AvgIpc) is 2.03. The predicted molar refractivity (Wildman–Crippen MR) is 55.0 cm³/mol. The van der Waals surface area contributed by atoms with Crippen LogP contribution < -0.4 is 0 Å². The molecule has 0 radical (unpaired) electrons. The second-order valence-electron chi connectivity index (χ2n) is 3.55. The fourth-order valence-corrected chi connectivity index (χ4v) is 1.26. The van der Waals surface area contributed by atoms with Crippen molar-refractivity contribution in [3.05, 3.63) is 0 Å². The number of esters is 1. The molecule has 0 saturated carbocycles. The van der Waals surface area contributed by atoms with Crippen molar-refractivity contribution >= 4 is 11.8 Å². The van der Waals surface area contributed by atoms with Crippen LogP contribution in [0.3, 0.4) is 0 Å². The lowest BCUT2D eigenvalue weighted by atomic mass is 10.2. The lowest BCUT2D eigenvalue weighted by Gasteiger charge is -2.11. The molecule has 0 aliphatic rings. The minimum atomic E-state index is -0.385. The highest BCUT2D eigenvalue weighted by molar-refractivity contribution is 5.95. The second-order valence-corrected chi connectivity index (χ2v) is 3.55.